The van der Waals surface area contributed by atoms with Crippen LogP contribution < -0.4 is 5.73 Å². The van der Waals surface area contributed by atoms with Crippen molar-refractivity contribution in [3.05, 3.63) is 41.4 Å². The highest BCUT2D eigenvalue weighted by molar-refractivity contribution is 5.64. The SMILES string of the molecule is Cc1ccc(C)c(-c2ocnc2CN)c1. The van der Waals surface area contributed by atoms with Crippen LogP contribution in [0.5, 0.6) is 0 Å². The molecule has 2 rings (SSSR count). The third-order valence-corrected chi connectivity index (χ3v) is 2.47. The molecule has 1 aromatic heterocycles. The van der Waals surface area contributed by atoms with Gasteiger partial charge in [0.2, 0.25) is 0 Å². The Morgan fingerprint density at radius 2 is 2.13 bits per heavy atom. The largest absolute Gasteiger partial charge is 0.443 e. The fourth-order valence-electron chi connectivity index (χ4n) is 1.61. The fraction of sp³-hybridized carbons (Fsp3) is 0.250. The van der Waals surface area contributed by atoms with Crippen molar-refractivity contribution < 1.29 is 4.42 Å². The summed E-state index contributed by atoms with van der Waals surface area (Å²) >= 11 is 0. The summed E-state index contributed by atoms with van der Waals surface area (Å²) in [5, 5.41) is 0. The number of nitrogens with zero attached hydrogens (tertiary/aromatic N) is 1. The second-order valence-electron chi connectivity index (χ2n) is 3.65. The first-order valence-corrected chi connectivity index (χ1v) is 4.92. The molecule has 2 aromatic rings. The number of aromatic nitrogens is 1. The van der Waals surface area contributed by atoms with Gasteiger partial charge in [-0.2, -0.15) is 0 Å². The van der Waals surface area contributed by atoms with Crippen molar-refractivity contribution in [2.24, 2.45) is 5.73 Å². The number of aryl methyl sites for hydroxylation is 2. The minimum Gasteiger partial charge on any atom is -0.443 e. The standard InChI is InChI=1S/C12H14N2O/c1-8-3-4-9(2)10(5-8)12-11(6-13)14-7-15-12/h3-5,7H,6,13H2,1-2H3. The summed E-state index contributed by atoms with van der Waals surface area (Å²) in [6.45, 7) is 4.51. The van der Waals surface area contributed by atoms with Crippen molar-refractivity contribution in [1.82, 2.24) is 4.98 Å². The maximum Gasteiger partial charge on any atom is 0.181 e. The maximum absolute atomic E-state index is 5.60. The summed E-state index contributed by atoms with van der Waals surface area (Å²) < 4.78 is 5.39. The van der Waals surface area contributed by atoms with E-state index in [0.717, 1.165) is 17.0 Å². The molecule has 0 amide bonds. The van der Waals surface area contributed by atoms with Crippen LogP contribution in [0.2, 0.25) is 0 Å². The van der Waals surface area contributed by atoms with Crippen LogP contribution >= 0.6 is 0 Å². The first-order chi connectivity index (χ1) is 7.22. The Kier molecular flexibility index (Phi) is 2.56. The number of oxazole rings is 1. The minimum absolute atomic E-state index is 0.402. The van der Waals surface area contributed by atoms with Crippen LogP contribution in [0.3, 0.4) is 0 Å². The molecule has 3 nitrogen and oxygen atoms in total. The van der Waals surface area contributed by atoms with E-state index in [-0.39, 0.29) is 0 Å². The van der Waals surface area contributed by atoms with E-state index in [4.69, 9.17) is 10.2 Å². The predicted octanol–water partition coefficient (Wildman–Crippen LogP) is 2.42. The van der Waals surface area contributed by atoms with Crippen molar-refractivity contribution in [1.29, 1.82) is 0 Å². The van der Waals surface area contributed by atoms with Crippen molar-refractivity contribution in [2.45, 2.75) is 20.4 Å². The van der Waals surface area contributed by atoms with Gasteiger partial charge in [-0.1, -0.05) is 17.7 Å². The molecule has 0 aliphatic heterocycles. The van der Waals surface area contributed by atoms with Crippen LogP contribution in [0.15, 0.2) is 29.0 Å². The van der Waals surface area contributed by atoms with E-state index in [2.05, 4.69) is 37.0 Å². The molecule has 3 heteroatoms. The monoisotopic (exact) mass is 202 g/mol. The Hall–Kier alpha value is -1.61. The van der Waals surface area contributed by atoms with Crippen LogP contribution in [0.25, 0.3) is 11.3 Å². The van der Waals surface area contributed by atoms with Crippen molar-refractivity contribution in [3.63, 3.8) is 0 Å². The van der Waals surface area contributed by atoms with Crippen LogP contribution in [-0.4, -0.2) is 4.98 Å². The third kappa shape index (κ3) is 1.78. The Labute approximate surface area is 88.9 Å². The average molecular weight is 202 g/mol. The second-order valence-corrected chi connectivity index (χ2v) is 3.65. The highest BCUT2D eigenvalue weighted by Gasteiger charge is 2.11. The van der Waals surface area contributed by atoms with E-state index in [1.807, 2.05) is 0 Å². The molecule has 0 aliphatic carbocycles. The quantitative estimate of drug-likeness (QED) is 0.813. The molecule has 15 heavy (non-hydrogen) atoms. The molecule has 0 atom stereocenters. The highest BCUT2D eigenvalue weighted by atomic mass is 16.3. The van der Waals surface area contributed by atoms with E-state index in [1.54, 1.807) is 0 Å². The lowest BCUT2D eigenvalue weighted by atomic mass is 10.0. The molecule has 0 bridgehead atoms. The molecule has 2 N–H and O–H groups in total. The van der Waals surface area contributed by atoms with Gasteiger partial charge in [0, 0.05) is 12.1 Å². The second kappa shape index (κ2) is 3.87. The Morgan fingerprint density at radius 3 is 2.87 bits per heavy atom. The van der Waals surface area contributed by atoms with Gasteiger partial charge in [-0.3, -0.25) is 0 Å². The maximum atomic E-state index is 5.60. The van der Waals surface area contributed by atoms with Gasteiger partial charge in [-0.05, 0) is 25.5 Å². The lowest BCUT2D eigenvalue weighted by molar-refractivity contribution is 0.570. The van der Waals surface area contributed by atoms with E-state index < -0.39 is 0 Å². The molecule has 78 valence electrons. The third-order valence-electron chi connectivity index (χ3n) is 2.47. The highest BCUT2D eigenvalue weighted by Crippen LogP contribution is 2.27. The first kappa shape index (κ1) is 9.93. The molecule has 0 fully saturated rings. The topological polar surface area (TPSA) is 52.0 Å². The van der Waals surface area contributed by atoms with Crippen molar-refractivity contribution in [3.8, 4) is 11.3 Å². The van der Waals surface area contributed by atoms with Gasteiger partial charge in [0.15, 0.2) is 12.2 Å². The number of benzene rings is 1. The number of hydrogen-bond donors (Lipinski definition) is 1. The van der Waals surface area contributed by atoms with Gasteiger partial charge in [0.25, 0.3) is 0 Å². The Bertz CT molecular complexity index is 474. The smallest absolute Gasteiger partial charge is 0.181 e. The molecule has 0 saturated heterocycles. The van der Waals surface area contributed by atoms with Crippen molar-refractivity contribution in [2.75, 3.05) is 0 Å². The molecule has 0 unspecified atom stereocenters. The van der Waals surface area contributed by atoms with E-state index >= 15 is 0 Å². The summed E-state index contributed by atoms with van der Waals surface area (Å²) in [5.74, 6) is 0.790. The van der Waals surface area contributed by atoms with E-state index in [0.29, 0.717) is 6.54 Å². The number of hydrogen-bond acceptors (Lipinski definition) is 3. The zero-order valence-corrected chi connectivity index (χ0v) is 8.95. The van der Waals surface area contributed by atoms with E-state index in [9.17, 15) is 0 Å². The van der Waals surface area contributed by atoms with Gasteiger partial charge < -0.3 is 10.2 Å². The molecule has 1 aromatic carbocycles. The normalized spacial score (nSPS) is 10.6. The van der Waals surface area contributed by atoms with Crippen LogP contribution in [-0.2, 0) is 6.54 Å². The van der Waals surface area contributed by atoms with Crippen LogP contribution in [0.4, 0.5) is 0 Å². The fourth-order valence-corrected chi connectivity index (χ4v) is 1.61. The summed E-state index contributed by atoms with van der Waals surface area (Å²) in [7, 11) is 0. The van der Waals surface area contributed by atoms with Gasteiger partial charge in [0.05, 0.1) is 0 Å². The van der Waals surface area contributed by atoms with Crippen molar-refractivity contribution >= 4 is 0 Å². The lowest BCUT2D eigenvalue weighted by Gasteiger charge is -2.05. The molecule has 0 radical (unpaired) electrons. The predicted molar refractivity (Wildman–Crippen MR) is 59.3 cm³/mol. The lowest BCUT2D eigenvalue weighted by Crippen LogP contribution is -1.98. The van der Waals surface area contributed by atoms with Gasteiger partial charge in [-0.25, -0.2) is 4.98 Å². The van der Waals surface area contributed by atoms with E-state index in [1.165, 1.54) is 17.5 Å². The molecular formula is C12H14N2O. The molecule has 1 heterocycles. The summed E-state index contributed by atoms with van der Waals surface area (Å²) in [4.78, 5) is 4.09. The Morgan fingerprint density at radius 1 is 1.33 bits per heavy atom. The van der Waals surface area contributed by atoms with Crippen LogP contribution in [0, 0.1) is 13.8 Å². The van der Waals surface area contributed by atoms with Gasteiger partial charge in [0.1, 0.15) is 5.69 Å². The molecule has 0 aliphatic rings. The number of nitrogens with two attached hydrogens (primary N) is 1. The summed E-state index contributed by atoms with van der Waals surface area (Å²) in [5.41, 5.74) is 9.86. The summed E-state index contributed by atoms with van der Waals surface area (Å²) in [6.07, 6.45) is 1.44. The minimum atomic E-state index is 0.402. The molecule has 0 spiro atoms. The zero-order valence-electron chi connectivity index (χ0n) is 8.95. The first-order valence-electron chi connectivity index (χ1n) is 4.92. The van der Waals surface area contributed by atoms with Gasteiger partial charge >= 0.3 is 0 Å². The average Bonchev–Trinajstić information content (AvgIpc) is 2.69. The molecular weight excluding hydrogens is 188 g/mol. The van der Waals surface area contributed by atoms with Gasteiger partial charge in [-0.15, -0.1) is 0 Å². The van der Waals surface area contributed by atoms with Crippen LogP contribution in [0.1, 0.15) is 16.8 Å². The summed E-state index contributed by atoms with van der Waals surface area (Å²) in [6, 6.07) is 6.25. The zero-order chi connectivity index (χ0) is 10.8. The number of rotatable bonds is 2. The molecule has 0 saturated carbocycles. The Balaban J connectivity index is 2.58.